The van der Waals surface area contributed by atoms with Gasteiger partial charge in [0.25, 0.3) is 0 Å². The number of esters is 1. The van der Waals surface area contributed by atoms with E-state index in [0.29, 0.717) is 0 Å². The summed E-state index contributed by atoms with van der Waals surface area (Å²) in [7, 11) is 0. The zero-order valence-corrected chi connectivity index (χ0v) is 11.3. The SMILES string of the molecule is CC(Br)C(=O)OC12CC3CC(CC(C3)C1)C2. The van der Waals surface area contributed by atoms with Gasteiger partial charge in [-0.1, -0.05) is 15.9 Å². The molecule has 0 aromatic carbocycles. The molecular formula is C13H19BrO2. The average molecular weight is 287 g/mol. The van der Waals surface area contributed by atoms with Crippen LogP contribution in [0.5, 0.6) is 0 Å². The number of hydrogen-bond acceptors (Lipinski definition) is 2. The Labute approximate surface area is 105 Å². The first-order valence-electron chi connectivity index (χ1n) is 6.43. The van der Waals surface area contributed by atoms with Crippen LogP contribution in [0, 0.1) is 17.8 Å². The van der Waals surface area contributed by atoms with E-state index in [1.54, 1.807) is 0 Å². The molecule has 4 bridgehead atoms. The van der Waals surface area contributed by atoms with Gasteiger partial charge in [-0.05, 0) is 63.2 Å². The van der Waals surface area contributed by atoms with Gasteiger partial charge < -0.3 is 4.74 Å². The minimum Gasteiger partial charge on any atom is -0.458 e. The second kappa shape index (κ2) is 3.72. The summed E-state index contributed by atoms with van der Waals surface area (Å²) in [5.74, 6) is 2.45. The first-order chi connectivity index (χ1) is 7.56. The highest BCUT2D eigenvalue weighted by atomic mass is 79.9. The molecule has 16 heavy (non-hydrogen) atoms. The number of ether oxygens (including phenoxy) is 1. The molecule has 0 heterocycles. The highest BCUT2D eigenvalue weighted by molar-refractivity contribution is 9.10. The van der Waals surface area contributed by atoms with Crippen molar-refractivity contribution in [2.24, 2.45) is 17.8 Å². The Morgan fingerprint density at radius 2 is 1.62 bits per heavy atom. The molecule has 3 heteroatoms. The predicted molar refractivity (Wildman–Crippen MR) is 65.4 cm³/mol. The van der Waals surface area contributed by atoms with Crippen LogP contribution in [0.1, 0.15) is 45.4 Å². The Morgan fingerprint density at radius 3 is 2.00 bits per heavy atom. The van der Waals surface area contributed by atoms with E-state index in [9.17, 15) is 4.79 Å². The number of carbonyl (C=O) groups excluding carboxylic acids is 1. The summed E-state index contributed by atoms with van der Waals surface area (Å²) in [4.78, 5) is 11.6. The van der Waals surface area contributed by atoms with Gasteiger partial charge in [-0.15, -0.1) is 0 Å². The van der Waals surface area contributed by atoms with Crippen LogP contribution in [0.3, 0.4) is 0 Å². The lowest BCUT2D eigenvalue weighted by molar-refractivity contribution is -0.185. The number of carbonyl (C=O) groups is 1. The molecule has 2 nitrogen and oxygen atoms in total. The number of rotatable bonds is 2. The number of halogens is 1. The van der Waals surface area contributed by atoms with Gasteiger partial charge in [0, 0.05) is 0 Å². The zero-order valence-electron chi connectivity index (χ0n) is 9.75. The smallest absolute Gasteiger partial charge is 0.319 e. The zero-order chi connectivity index (χ0) is 11.3. The topological polar surface area (TPSA) is 26.3 Å². The predicted octanol–water partition coefficient (Wildman–Crippen LogP) is 3.28. The van der Waals surface area contributed by atoms with Crippen molar-refractivity contribution in [2.75, 3.05) is 0 Å². The van der Waals surface area contributed by atoms with Crippen LogP contribution in [0.4, 0.5) is 0 Å². The van der Waals surface area contributed by atoms with E-state index in [2.05, 4.69) is 15.9 Å². The highest BCUT2D eigenvalue weighted by Crippen LogP contribution is 2.57. The van der Waals surface area contributed by atoms with Crippen LogP contribution in [0.2, 0.25) is 0 Å². The van der Waals surface area contributed by atoms with E-state index in [1.165, 1.54) is 19.3 Å². The molecule has 0 saturated heterocycles. The molecule has 0 aliphatic heterocycles. The molecule has 4 rings (SSSR count). The summed E-state index contributed by atoms with van der Waals surface area (Å²) >= 11 is 3.30. The molecule has 4 fully saturated rings. The summed E-state index contributed by atoms with van der Waals surface area (Å²) in [6.45, 7) is 1.85. The van der Waals surface area contributed by atoms with E-state index in [-0.39, 0.29) is 16.4 Å². The number of alkyl halides is 1. The molecule has 1 atom stereocenters. The second-order valence-corrected chi connectivity index (χ2v) is 7.51. The van der Waals surface area contributed by atoms with Crippen molar-refractivity contribution < 1.29 is 9.53 Å². The van der Waals surface area contributed by atoms with Crippen molar-refractivity contribution >= 4 is 21.9 Å². The van der Waals surface area contributed by atoms with Gasteiger partial charge in [0.15, 0.2) is 0 Å². The molecule has 4 saturated carbocycles. The van der Waals surface area contributed by atoms with Crippen molar-refractivity contribution in [1.29, 1.82) is 0 Å². The molecular weight excluding hydrogens is 268 g/mol. The number of hydrogen-bond donors (Lipinski definition) is 0. The van der Waals surface area contributed by atoms with E-state index in [0.717, 1.165) is 37.0 Å². The Kier molecular flexibility index (Phi) is 2.58. The Bertz CT molecular complexity index is 276. The highest BCUT2D eigenvalue weighted by Gasteiger charge is 2.53. The van der Waals surface area contributed by atoms with E-state index in [4.69, 9.17) is 4.74 Å². The summed E-state index contributed by atoms with van der Waals surface area (Å²) in [5, 5.41) is 0. The normalized spacial score (nSPS) is 46.8. The summed E-state index contributed by atoms with van der Waals surface area (Å²) < 4.78 is 5.83. The maximum Gasteiger partial charge on any atom is 0.319 e. The monoisotopic (exact) mass is 286 g/mol. The molecule has 90 valence electrons. The standard InChI is InChI=1S/C13H19BrO2/c1-8(14)12(15)16-13-5-9-2-10(6-13)4-11(3-9)7-13/h8-11H,2-7H2,1H3. The fourth-order valence-corrected chi connectivity index (χ4v) is 4.54. The quantitative estimate of drug-likeness (QED) is 0.575. The largest absolute Gasteiger partial charge is 0.458 e. The van der Waals surface area contributed by atoms with Crippen molar-refractivity contribution in [1.82, 2.24) is 0 Å². The van der Waals surface area contributed by atoms with Crippen LogP contribution in [-0.2, 0) is 9.53 Å². The third kappa shape index (κ3) is 1.81. The Morgan fingerprint density at radius 1 is 1.19 bits per heavy atom. The lowest BCUT2D eigenvalue weighted by atomic mass is 9.54. The first-order valence-corrected chi connectivity index (χ1v) is 7.35. The Hall–Kier alpha value is -0.0500. The summed E-state index contributed by atoms with van der Waals surface area (Å²) in [6.07, 6.45) is 7.56. The molecule has 0 aromatic rings. The average Bonchev–Trinajstić information content (AvgIpc) is 2.13. The molecule has 4 aliphatic carbocycles. The molecule has 0 amide bonds. The molecule has 0 aromatic heterocycles. The maximum atomic E-state index is 11.8. The van der Waals surface area contributed by atoms with Gasteiger partial charge >= 0.3 is 5.97 Å². The lowest BCUT2D eigenvalue weighted by Gasteiger charge is -2.55. The second-order valence-electron chi connectivity index (χ2n) is 6.14. The summed E-state index contributed by atoms with van der Waals surface area (Å²) in [5.41, 5.74) is -0.0755. The molecule has 4 aliphatic rings. The summed E-state index contributed by atoms with van der Waals surface area (Å²) in [6, 6.07) is 0. The first kappa shape index (κ1) is 11.1. The van der Waals surface area contributed by atoms with Crippen LogP contribution in [0.25, 0.3) is 0 Å². The van der Waals surface area contributed by atoms with Gasteiger partial charge in [-0.3, -0.25) is 4.79 Å². The van der Waals surface area contributed by atoms with Crippen LogP contribution >= 0.6 is 15.9 Å². The molecule has 0 N–H and O–H groups in total. The van der Waals surface area contributed by atoms with Crippen molar-refractivity contribution in [3.8, 4) is 0 Å². The van der Waals surface area contributed by atoms with Gasteiger partial charge in [-0.25, -0.2) is 0 Å². The van der Waals surface area contributed by atoms with Gasteiger partial charge in [-0.2, -0.15) is 0 Å². The fraction of sp³-hybridized carbons (Fsp3) is 0.923. The maximum absolute atomic E-state index is 11.8. The third-order valence-electron chi connectivity index (χ3n) is 4.62. The lowest BCUT2D eigenvalue weighted by Crippen LogP contribution is -2.53. The van der Waals surface area contributed by atoms with Crippen molar-refractivity contribution in [2.45, 2.75) is 55.9 Å². The van der Waals surface area contributed by atoms with Crippen molar-refractivity contribution in [3.63, 3.8) is 0 Å². The minimum atomic E-state index is -0.166. The van der Waals surface area contributed by atoms with Gasteiger partial charge in [0.1, 0.15) is 10.4 Å². The minimum absolute atomic E-state index is 0.0676. The van der Waals surface area contributed by atoms with E-state index >= 15 is 0 Å². The van der Waals surface area contributed by atoms with E-state index < -0.39 is 0 Å². The molecule has 0 radical (unpaired) electrons. The van der Waals surface area contributed by atoms with E-state index in [1.807, 2.05) is 6.92 Å². The fourth-order valence-electron chi connectivity index (χ4n) is 4.45. The van der Waals surface area contributed by atoms with Crippen LogP contribution in [0.15, 0.2) is 0 Å². The van der Waals surface area contributed by atoms with Crippen LogP contribution < -0.4 is 0 Å². The Balaban J connectivity index is 1.76. The van der Waals surface area contributed by atoms with Gasteiger partial charge in [0.2, 0.25) is 0 Å². The molecule has 1 unspecified atom stereocenters. The third-order valence-corrected chi connectivity index (χ3v) is 5.00. The van der Waals surface area contributed by atoms with Crippen molar-refractivity contribution in [3.05, 3.63) is 0 Å². The van der Waals surface area contributed by atoms with Crippen LogP contribution in [-0.4, -0.2) is 16.4 Å². The van der Waals surface area contributed by atoms with Gasteiger partial charge in [0.05, 0.1) is 0 Å². The molecule has 0 spiro atoms.